The summed E-state index contributed by atoms with van der Waals surface area (Å²) in [6.45, 7) is 4.20. The normalized spacial score (nSPS) is 12.9. The van der Waals surface area contributed by atoms with Gasteiger partial charge in [0.1, 0.15) is 5.82 Å². The Morgan fingerprint density at radius 3 is 2.75 bits per heavy atom. The third-order valence-corrected chi connectivity index (χ3v) is 4.32. The molecule has 1 aromatic carbocycles. The highest BCUT2D eigenvalue weighted by Gasteiger charge is 2.20. The van der Waals surface area contributed by atoms with Crippen molar-refractivity contribution >= 4 is 23.1 Å². The van der Waals surface area contributed by atoms with E-state index in [0.29, 0.717) is 5.92 Å². The lowest BCUT2D eigenvalue weighted by Gasteiger charge is -2.16. The van der Waals surface area contributed by atoms with E-state index < -0.39 is 5.82 Å². The summed E-state index contributed by atoms with van der Waals surface area (Å²) in [6.07, 6.45) is 0.722. The third-order valence-electron chi connectivity index (χ3n) is 3.18. The minimum Gasteiger partial charge on any atom is -0.312 e. The van der Waals surface area contributed by atoms with Crippen molar-refractivity contribution in [3.63, 3.8) is 0 Å². The van der Waals surface area contributed by atoms with Crippen LogP contribution in [0.15, 0.2) is 18.2 Å². The molecule has 2 aromatic rings. The molecule has 0 bridgehead atoms. The molecule has 1 N–H and O–H groups in total. The van der Waals surface area contributed by atoms with E-state index in [0.717, 1.165) is 22.6 Å². The highest BCUT2D eigenvalue weighted by Crippen LogP contribution is 2.29. The van der Waals surface area contributed by atoms with E-state index in [1.165, 1.54) is 17.6 Å². The van der Waals surface area contributed by atoms with Crippen LogP contribution in [0.2, 0.25) is 5.02 Å². The Morgan fingerprint density at radius 1 is 1.40 bits per heavy atom. The number of nitrogens with one attached hydrogen (secondary N) is 1. The summed E-state index contributed by atoms with van der Waals surface area (Å²) >= 11 is 7.24. The van der Waals surface area contributed by atoms with Gasteiger partial charge in [0.2, 0.25) is 0 Å². The van der Waals surface area contributed by atoms with E-state index in [9.17, 15) is 4.39 Å². The van der Waals surface area contributed by atoms with Gasteiger partial charge in [0.05, 0.1) is 15.6 Å². The molecule has 1 aromatic heterocycles. The van der Waals surface area contributed by atoms with Gasteiger partial charge < -0.3 is 5.32 Å². The van der Waals surface area contributed by atoms with Crippen LogP contribution in [0.4, 0.5) is 4.39 Å². The van der Waals surface area contributed by atoms with Crippen LogP contribution in [-0.4, -0.2) is 16.6 Å². The van der Waals surface area contributed by atoms with Crippen molar-refractivity contribution in [3.05, 3.63) is 45.2 Å². The minimum absolute atomic E-state index is 0.105. The smallest absolute Gasteiger partial charge is 0.141 e. The zero-order chi connectivity index (χ0) is 14.7. The molecule has 20 heavy (non-hydrogen) atoms. The Bertz CT molecular complexity index is 586. The molecule has 0 aliphatic rings. The molecule has 6 heteroatoms. The lowest BCUT2D eigenvalue weighted by molar-refractivity contribution is 0.586. The fourth-order valence-corrected chi connectivity index (χ4v) is 3.19. The summed E-state index contributed by atoms with van der Waals surface area (Å²) < 4.78 is 17.2. The first-order chi connectivity index (χ1) is 9.52. The first-order valence-corrected chi connectivity index (χ1v) is 7.61. The number of halogens is 2. The van der Waals surface area contributed by atoms with Gasteiger partial charge >= 0.3 is 0 Å². The van der Waals surface area contributed by atoms with E-state index in [1.54, 1.807) is 12.1 Å². The summed E-state index contributed by atoms with van der Waals surface area (Å²) in [6, 6.07) is 4.94. The Balaban J connectivity index is 2.24. The van der Waals surface area contributed by atoms with Gasteiger partial charge in [-0.05, 0) is 48.6 Å². The number of likely N-dealkylation sites (N-methyl/N-ethyl adjacent to an activating group) is 1. The van der Waals surface area contributed by atoms with Crippen molar-refractivity contribution in [2.75, 3.05) is 7.05 Å². The number of hydrogen-bond donors (Lipinski definition) is 1. The molecular weight excluding hydrogens is 297 g/mol. The lowest BCUT2D eigenvalue weighted by atomic mass is 10.0. The Hall–Kier alpha value is -1.04. The molecule has 0 spiro atoms. The zero-order valence-corrected chi connectivity index (χ0v) is 13.2. The minimum atomic E-state index is -0.390. The molecule has 0 aliphatic heterocycles. The van der Waals surface area contributed by atoms with Crippen LogP contribution >= 0.6 is 23.1 Å². The number of hydrogen-bond acceptors (Lipinski definition) is 4. The summed E-state index contributed by atoms with van der Waals surface area (Å²) in [5, 5.41) is 7.63. The molecule has 108 valence electrons. The Kier molecular flexibility index (Phi) is 5.07. The lowest BCUT2D eigenvalue weighted by Crippen LogP contribution is -2.19. The molecule has 0 saturated carbocycles. The number of benzene rings is 1. The van der Waals surface area contributed by atoms with E-state index >= 15 is 0 Å². The fraction of sp³-hybridized carbons (Fsp3) is 0.429. The van der Waals surface area contributed by atoms with Crippen molar-refractivity contribution in [2.45, 2.75) is 32.2 Å². The van der Waals surface area contributed by atoms with Crippen molar-refractivity contribution < 1.29 is 4.39 Å². The standard InChI is InChI=1S/C14H17ClFN3S/c1-8(2)13-14(20-19-18-13)12(17-3)7-9-4-5-11(16)10(15)6-9/h4-6,8,12,17H,7H2,1-3H3. The maximum atomic E-state index is 13.2. The molecule has 1 heterocycles. The molecule has 1 unspecified atom stereocenters. The van der Waals surface area contributed by atoms with Gasteiger partial charge in [0.25, 0.3) is 0 Å². The molecular formula is C14H17ClFN3S. The van der Waals surface area contributed by atoms with Crippen LogP contribution in [0.25, 0.3) is 0 Å². The van der Waals surface area contributed by atoms with Gasteiger partial charge in [0.15, 0.2) is 0 Å². The molecule has 0 fully saturated rings. The van der Waals surface area contributed by atoms with E-state index in [-0.39, 0.29) is 11.1 Å². The monoisotopic (exact) mass is 313 g/mol. The molecule has 1 atom stereocenters. The Morgan fingerprint density at radius 2 is 2.15 bits per heavy atom. The molecule has 0 radical (unpaired) electrons. The molecule has 0 saturated heterocycles. The highest BCUT2D eigenvalue weighted by molar-refractivity contribution is 7.05. The Labute approximate surface area is 127 Å². The second-order valence-corrected chi connectivity index (χ2v) is 6.16. The van der Waals surface area contributed by atoms with Crippen LogP contribution in [0.3, 0.4) is 0 Å². The molecule has 0 aliphatic carbocycles. The molecule has 3 nitrogen and oxygen atoms in total. The van der Waals surface area contributed by atoms with Crippen molar-refractivity contribution in [1.29, 1.82) is 0 Å². The SMILES string of the molecule is CNC(Cc1ccc(F)c(Cl)c1)c1snnc1C(C)C. The van der Waals surface area contributed by atoms with Crippen LogP contribution in [0.1, 0.15) is 41.9 Å². The second kappa shape index (κ2) is 6.61. The number of rotatable bonds is 5. The fourth-order valence-electron chi connectivity index (χ4n) is 2.07. The van der Waals surface area contributed by atoms with Gasteiger partial charge in [-0.25, -0.2) is 4.39 Å². The maximum Gasteiger partial charge on any atom is 0.141 e. The van der Waals surface area contributed by atoms with Gasteiger partial charge in [-0.3, -0.25) is 0 Å². The topological polar surface area (TPSA) is 37.8 Å². The second-order valence-electron chi connectivity index (χ2n) is 4.97. The summed E-state index contributed by atoms with van der Waals surface area (Å²) in [7, 11) is 1.90. The van der Waals surface area contributed by atoms with Gasteiger partial charge in [-0.2, -0.15) is 0 Å². The maximum absolute atomic E-state index is 13.2. The average Bonchev–Trinajstić information content (AvgIpc) is 2.89. The van der Waals surface area contributed by atoms with Crippen molar-refractivity contribution in [2.24, 2.45) is 0 Å². The largest absolute Gasteiger partial charge is 0.312 e. The first kappa shape index (κ1) is 15.4. The van der Waals surface area contributed by atoms with E-state index in [4.69, 9.17) is 11.6 Å². The van der Waals surface area contributed by atoms with Crippen LogP contribution in [-0.2, 0) is 6.42 Å². The summed E-state index contributed by atoms with van der Waals surface area (Å²) in [5.74, 6) is -0.0600. The van der Waals surface area contributed by atoms with Crippen LogP contribution < -0.4 is 5.32 Å². The zero-order valence-electron chi connectivity index (χ0n) is 11.7. The predicted octanol–water partition coefficient (Wildman–Crippen LogP) is 3.96. The molecule has 0 amide bonds. The first-order valence-electron chi connectivity index (χ1n) is 6.46. The van der Waals surface area contributed by atoms with Gasteiger partial charge in [0, 0.05) is 6.04 Å². The summed E-state index contributed by atoms with van der Waals surface area (Å²) in [5.41, 5.74) is 2.00. The van der Waals surface area contributed by atoms with Gasteiger partial charge in [-0.1, -0.05) is 36.0 Å². The highest BCUT2D eigenvalue weighted by atomic mass is 35.5. The van der Waals surface area contributed by atoms with Crippen LogP contribution in [0.5, 0.6) is 0 Å². The molecule has 2 rings (SSSR count). The van der Waals surface area contributed by atoms with E-state index in [1.807, 2.05) is 7.05 Å². The average molecular weight is 314 g/mol. The van der Waals surface area contributed by atoms with Crippen molar-refractivity contribution in [1.82, 2.24) is 14.9 Å². The van der Waals surface area contributed by atoms with E-state index in [2.05, 4.69) is 28.8 Å². The van der Waals surface area contributed by atoms with Crippen molar-refractivity contribution in [3.8, 4) is 0 Å². The number of aromatic nitrogens is 2. The summed E-state index contributed by atoms with van der Waals surface area (Å²) in [4.78, 5) is 1.13. The quantitative estimate of drug-likeness (QED) is 0.908. The van der Waals surface area contributed by atoms with Gasteiger partial charge in [-0.15, -0.1) is 5.10 Å². The number of nitrogens with zero attached hydrogens (tertiary/aromatic N) is 2. The van der Waals surface area contributed by atoms with Crippen LogP contribution in [0, 0.1) is 5.82 Å². The third kappa shape index (κ3) is 3.34. The predicted molar refractivity (Wildman–Crippen MR) is 80.9 cm³/mol.